The number of hydroxylamine groups is 1. The minimum atomic E-state index is -0.680. The zero-order valence-corrected chi connectivity index (χ0v) is 19.3. The van der Waals surface area contributed by atoms with E-state index in [1.54, 1.807) is 0 Å². The molecule has 0 aromatic heterocycles. The quantitative estimate of drug-likeness (QED) is 0.139. The van der Waals surface area contributed by atoms with Crippen LogP contribution in [0.1, 0.15) is 57.8 Å². The second-order valence-corrected chi connectivity index (χ2v) is 9.57. The van der Waals surface area contributed by atoms with Crippen LogP contribution in [0.3, 0.4) is 0 Å². The lowest BCUT2D eigenvalue weighted by Crippen LogP contribution is -2.32. The number of rotatable bonds is 14. The Balaban J connectivity index is 1.76. The van der Waals surface area contributed by atoms with E-state index in [1.165, 1.54) is 19.2 Å². The Hall–Kier alpha value is -1.26. The van der Waals surface area contributed by atoms with Crippen molar-refractivity contribution in [3.8, 4) is 0 Å². The van der Waals surface area contributed by atoms with Gasteiger partial charge in [0.15, 0.2) is 0 Å². The van der Waals surface area contributed by atoms with E-state index in [4.69, 9.17) is 0 Å². The van der Waals surface area contributed by atoms with Crippen molar-refractivity contribution in [1.29, 1.82) is 0 Å². The molecule has 0 saturated heterocycles. The van der Waals surface area contributed by atoms with Crippen molar-refractivity contribution in [2.75, 3.05) is 12.9 Å². The standard InChI is InChI=1S/C23H35F2NO5S/c1-31-23(29)7-5-3-2-4-6-18-17(20(26-30)13-21(18)28)10-9-16(27)14-32-22-11-8-15(24)12-19(22)25/h8,11-12,16-18,20-21,26-28,30H,2-7,9-10,13-14H2,1H3/t16-,17-,18-,20?,21+/m1/s1. The summed E-state index contributed by atoms with van der Waals surface area (Å²) < 4.78 is 31.4. The molecule has 2 rings (SSSR count). The Morgan fingerprint density at radius 2 is 1.97 bits per heavy atom. The lowest BCUT2D eigenvalue weighted by atomic mass is 9.84. The maximum absolute atomic E-state index is 13.7. The predicted molar refractivity (Wildman–Crippen MR) is 118 cm³/mol. The fraction of sp³-hybridized carbons (Fsp3) is 0.696. The number of ether oxygens (including phenoxy) is 1. The molecule has 1 aliphatic rings. The van der Waals surface area contributed by atoms with Gasteiger partial charge in [0.25, 0.3) is 0 Å². The fourth-order valence-corrected chi connectivity index (χ4v) is 5.41. The molecule has 0 aliphatic heterocycles. The minimum Gasteiger partial charge on any atom is -0.469 e. The molecular formula is C23H35F2NO5S. The van der Waals surface area contributed by atoms with Gasteiger partial charge in [0, 0.05) is 29.2 Å². The molecule has 0 heterocycles. The van der Waals surface area contributed by atoms with Gasteiger partial charge < -0.3 is 20.2 Å². The number of halogens is 2. The predicted octanol–water partition coefficient (Wildman–Crippen LogP) is 4.06. The van der Waals surface area contributed by atoms with Gasteiger partial charge in [-0.05, 0) is 56.1 Å². The first-order chi connectivity index (χ1) is 15.3. The highest BCUT2D eigenvalue weighted by atomic mass is 32.2. The Morgan fingerprint density at radius 1 is 1.22 bits per heavy atom. The van der Waals surface area contributed by atoms with Gasteiger partial charge in [-0.15, -0.1) is 11.8 Å². The molecular weight excluding hydrogens is 440 g/mol. The first kappa shape index (κ1) is 27.0. The molecule has 0 bridgehead atoms. The SMILES string of the molecule is COC(=O)CCCCCC[C@H]1[C@@H](O)CC(NO)[C@@H]1CC[C@@H](O)CSc1ccc(F)cc1F. The molecule has 1 aromatic carbocycles. The maximum Gasteiger partial charge on any atom is 0.305 e. The number of carbonyl (C=O) groups is 1. The van der Waals surface area contributed by atoms with E-state index in [-0.39, 0.29) is 29.6 Å². The average molecular weight is 476 g/mol. The van der Waals surface area contributed by atoms with Crippen LogP contribution in [0.15, 0.2) is 23.1 Å². The molecule has 0 spiro atoms. The number of hydrogen-bond donors (Lipinski definition) is 4. The Bertz CT molecular complexity index is 711. The number of carbonyl (C=O) groups excluding carboxylic acids is 1. The Morgan fingerprint density at radius 3 is 2.66 bits per heavy atom. The van der Waals surface area contributed by atoms with Gasteiger partial charge in [0.1, 0.15) is 11.6 Å². The molecule has 1 aliphatic carbocycles. The van der Waals surface area contributed by atoms with Gasteiger partial charge in [0.05, 0.1) is 19.3 Å². The molecule has 182 valence electrons. The van der Waals surface area contributed by atoms with Crippen LogP contribution < -0.4 is 5.48 Å². The van der Waals surface area contributed by atoms with Crippen molar-refractivity contribution >= 4 is 17.7 Å². The normalized spacial score (nSPS) is 23.9. The van der Waals surface area contributed by atoms with Crippen LogP contribution >= 0.6 is 11.8 Å². The molecule has 1 fully saturated rings. The molecule has 1 aromatic rings. The summed E-state index contributed by atoms with van der Waals surface area (Å²) in [7, 11) is 1.38. The lowest BCUT2D eigenvalue weighted by Gasteiger charge is -2.26. The summed E-state index contributed by atoms with van der Waals surface area (Å²) in [5.41, 5.74) is 2.32. The highest BCUT2D eigenvalue weighted by molar-refractivity contribution is 7.99. The monoisotopic (exact) mass is 475 g/mol. The summed E-state index contributed by atoms with van der Waals surface area (Å²) in [5, 5.41) is 30.4. The van der Waals surface area contributed by atoms with E-state index < -0.39 is 23.8 Å². The number of thioether (sulfide) groups is 1. The van der Waals surface area contributed by atoms with Crippen LogP contribution in [-0.2, 0) is 9.53 Å². The fourth-order valence-electron chi connectivity index (χ4n) is 4.52. The molecule has 9 heteroatoms. The highest BCUT2D eigenvalue weighted by Gasteiger charge is 2.41. The third kappa shape index (κ3) is 8.59. The molecule has 1 saturated carbocycles. The van der Waals surface area contributed by atoms with Crippen LogP contribution in [0, 0.1) is 23.5 Å². The van der Waals surface area contributed by atoms with Crippen molar-refractivity contribution in [3.05, 3.63) is 29.8 Å². The van der Waals surface area contributed by atoms with E-state index in [0.29, 0.717) is 30.6 Å². The summed E-state index contributed by atoms with van der Waals surface area (Å²) in [5.74, 6) is -1.16. The number of methoxy groups -OCH3 is 1. The van der Waals surface area contributed by atoms with E-state index in [2.05, 4.69) is 10.2 Å². The summed E-state index contributed by atoms with van der Waals surface area (Å²) in [4.78, 5) is 11.4. The number of unbranched alkanes of at least 4 members (excludes halogenated alkanes) is 3. The summed E-state index contributed by atoms with van der Waals surface area (Å²) >= 11 is 1.14. The average Bonchev–Trinajstić information content (AvgIpc) is 3.08. The van der Waals surface area contributed by atoms with Crippen LogP contribution in [-0.4, -0.2) is 52.5 Å². The van der Waals surface area contributed by atoms with Crippen molar-refractivity contribution in [2.24, 2.45) is 11.8 Å². The number of esters is 1. The number of hydrogen-bond acceptors (Lipinski definition) is 7. The van der Waals surface area contributed by atoms with Crippen molar-refractivity contribution < 1.29 is 33.7 Å². The molecule has 4 N–H and O–H groups in total. The van der Waals surface area contributed by atoms with Crippen molar-refractivity contribution in [2.45, 2.75) is 80.9 Å². The van der Waals surface area contributed by atoms with Gasteiger partial charge in [0.2, 0.25) is 0 Å². The van der Waals surface area contributed by atoms with E-state index >= 15 is 0 Å². The highest BCUT2D eigenvalue weighted by Crippen LogP contribution is 2.39. The van der Waals surface area contributed by atoms with Crippen molar-refractivity contribution in [1.82, 2.24) is 5.48 Å². The van der Waals surface area contributed by atoms with E-state index in [9.17, 15) is 29.0 Å². The van der Waals surface area contributed by atoms with Crippen LogP contribution in [0.5, 0.6) is 0 Å². The van der Waals surface area contributed by atoms with E-state index in [0.717, 1.165) is 49.9 Å². The van der Waals surface area contributed by atoms with Crippen LogP contribution in [0.25, 0.3) is 0 Å². The Labute approximate surface area is 192 Å². The number of benzene rings is 1. The molecule has 0 radical (unpaired) electrons. The zero-order chi connectivity index (χ0) is 23.5. The van der Waals surface area contributed by atoms with Crippen molar-refractivity contribution in [3.63, 3.8) is 0 Å². The zero-order valence-electron chi connectivity index (χ0n) is 18.5. The number of aliphatic hydroxyl groups is 2. The second kappa shape index (κ2) is 14.1. The molecule has 32 heavy (non-hydrogen) atoms. The smallest absolute Gasteiger partial charge is 0.305 e. The first-order valence-electron chi connectivity index (χ1n) is 11.3. The van der Waals surface area contributed by atoms with Crippen LogP contribution in [0.4, 0.5) is 8.78 Å². The third-order valence-corrected chi connectivity index (χ3v) is 7.47. The molecule has 6 nitrogen and oxygen atoms in total. The molecule has 1 unspecified atom stereocenters. The first-order valence-corrected chi connectivity index (χ1v) is 12.2. The maximum atomic E-state index is 13.7. The summed E-state index contributed by atoms with van der Waals surface area (Å²) in [6.45, 7) is 0. The topological polar surface area (TPSA) is 99.0 Å². The second-order valence-electron chi connectivity index (χ2n) is 8.51. The Kier molecular flexibility index (Phi) is 11.9. The van der Waals surface area contributed by atoms with Crippen LogP contribution in [0.2, 0.25) is 0 Å². The van der Waals surface area contributed by atoms with Gasteiger partial charge in [-0.25, -0.2) is 14.3 Å². The number of nitrogens with one attached hydrogen (secondary N) is 1. The van der Waals surface area contributed by atoms with E-state index in [1.807, 2.05) is 0 Å². The minimum absolute atomic E-state index is 0.0206. The van der Waals surface area contributed by atoms with Gasteiger partial charge >= 0.3 is 5.97 Å². The molecule has 5 atom stereocenters. The van der Waals surface area contributed by atoms with Gasteiger partial charge in [-0.2, -0.15) is 0 Å². The largest absolute Gasteiger partial charge is 0.469 e. The van der Waals surface area contributed by atoms with Gasteiger partial charge in [-0.1, -0.05) is 19.3 Å². The lowest BCUT2D eigenvalue weighted by molar-refractivity contribution is -0.140. The van der Waals surface area contributed by atoms with Gasteiger partial charge in [-0.3, -0.25) is 4.79 Å². The number of aliphatic hydroxyl groups excluding tert-OH is 2. The molecule has 0 amide bonds. The summed E-state index contributed by atoms with van der Waals surface area (Å²) in [6, 6.07) is 3.15. The third-order valence-electron chi connectivity index (χ3n) is 6.28. The summed E-state index contributed by atoms with van der Waals surface area (Å²) in [6.07, 6.45) is 5.14.